The molecule has 0 aromatic carbocycles. The lowest BCUT2D eigenvalue weighted by Crippen LogP contribution is -2.40. The van der Waals surface area contributed by atoms with Gasteiger partial charge in [0.15, 0.2) is 12.2 Å². The maximum Gasteiger partial charge on any atom is 0.306 e. The summed E-state index contributed by atoms with van der Waals surface area (Å²) in [6.07, 6.45) is 47.8. The highest BCUT2D eigenvalue weighted by Crippen LogP contribution is 2.24. The minimum Gasteiger partial charge on any atom is -0.463 e. The van der Waals surface area contributed by atoms with Crippen LogP contribution in [-0.2, 0) is 33.3 Å². The molecule has 0 radical (unpaired) electrons. The Kier molecular flexibility index (Phi) is 41.3. The predicted molar refractivity (Wildman–Crippen MR) is 251 cm³/mol. The van der Waals surface area contributed by atoms with Gasteiger partial charge in [0.25, 0.3) is 0 Å². The van der Waals surface area contributed by atoms with Crippen molar-refractivity contribution in [1.82, 2.24) is 0 Å². The van der Waals surface area contributed by atoms with E-state index in [0.717, 1.165) is 57.8 Å². The second-order valence-corrected chi connectivity index (χ2v) is 18.5. The van der Waals surface area contributed by atoms with Crippen LogP contribution in [0.2, 0.25) is 0 Å². The fraction of sp³-hybridized carbons (Fsp3) is 0.943. The van der Waals surface area contributed by atoms with Crippen molar-refractivity contribution in [3.63, 3.8) is 0 Å². The molecule has 1 rings (SSSR count). The van der Waals surface area contributed by atoms with Crippen molar-refractivity contribution in [3.05, 3.63) is 0 Å². The van der Waals surface area contributed by atoms with E-state index in [9.17, 15) is 14.4 Å². The smallest absolute Gasteiger partial charge is 0.306 e. The second kappa shape index (κ2) is 44.0. The molecule has 1 saturated heterocycles. The van der Waals surface area contributed by atoms with Crippen LogP contribution in [0.1, 0.15) is 290 Å². The van der Waals surface area contributed by atoms with Crippen molar-refractivity contribution < 1.29 is 33.3 Å². The summed E-state index contributed by atoms with van der Waals surface area (Å²) < 4.78 is 23.4. The molecule has 1 aliphatic heterocycles. The van der Waals surface area contributed by atoms with E-state index in [-0.39, 0.29) is 31.1 Å². The van der Waals surface area contributed by atoms with Crippen LogP contribution in [0.5, 0.6) is 0 Å². The molecule has 0 spiro atoms. The Morgan fingerprint density at radius 2 is 0.633 bits per heavy atom. The SMILES string of the molecule is CCCCCCCCCCCCCCCC(=O)OC[C@H]1OC[C@H](OC(=O)CCCCCCCCCCCCCCC)[C@H]1OC(=O)CCCCCCCCCCCCCCC. The highest BCUT2D eigenvalue weighted by molar-refractivity contribution is 5.71. The molecule has 0 saturated carbocycles. The zero-order valence-electron chi connectivity index (χ0n) is 40.2. The largest absolute Gasteiger partial charge is 0.463 e. The number of carbonyl (C=O) groups is 3. The van der Waals surface area contributed by atoms with Crippen LogP contribution in [0.15, 0.2) is 0 Å². The van der Waals surface area contributed by atoms with Crippen molar-refractivity contribution in [2.45, 2.75) is 309 Å². The zero-order valence-corrected chi connectivity index (χ0v) is 40.2. The monoisotopic (exact) mass is 849 g/mol. The fourth-order valence-corrected chi connectivity index (χ4v) is 8.59. The first-order valence-electron chi connectivity index (χ1n) is 26.7. The molecule has 0 unspecified atom stereocenters. The number of carbonyl (C=O) groups excluding carboxylic acids is 3. The molecule has 0 bridgehead atoms. The van der Waals surface area contributed by atoms with Gasteiger partial charge in [-0.25, -0.2) is 0 Å². The predicted octanol–water partition coefficient (Wildman–Crippen LogP) is 16.2. The van der Waals surface area contributed by atoms with Gasteiger partial charge in [0.1, 0.15) is 12.7 Å². The lowest BCUT2D eigenvalue weighted by Gasteiger charge is -2.23. The summed E-state index contributed by atoms with van der Waals surface area (Å²) in [7, 11) is 0. The van der Waals surface area contributed by atoms with E-state index in [1.54, 1.807) is 0 Å². The van der Waals surface area contributed by atoms with E-state index in [2.05, 4.69) is 20.8 Å². The highest BCUT2D eigenvalue weighted by atomic mass is 16.6. The van der Waals surface area contributed by atoms with Gasteiger partial charge in [-0.15, -0.1) is 0 Å². The summed E-state index contributed by atoms with van der Waals surface area (Å²) in [4.78, 5) is 38.6. The Labute approximate surface area is 372 Å². The average molecular weight is 849 g/mol. The van der Waals surface area contributed by atoms with Gasteiger partial charge in [-0.3, -0.25) is 14.4 Å². The summed E-state index contributed by atoms with van der Waals surface area (Å²) in [6, 6.07) is 0. The van der Waals surface area contributed by atoms with Crippen LogP contribution < -0.4 is 0 Å². The zero-order chi connectivity index (χ0) is 43.4. The fourth-order valence-electron chi connectivity index (χ4n) is 8.59. The average Bonchev–Trinajstić information content (AvgIpc) is 3.61. The number of rotatable bonds is 46. The van der Waals surface area contributed by atoms with E-state index in [1.165, 1.54) is 193 Å². The van der Waals surface area contributed by atoms with Crippen LogP contribution in [0.25, 0.3) is 0 Å². The lowest BCUT2D eigenvalue weighted by atomic mass is 10.0. The summed E-state index contributed by atoms with van der Waals surface area (Å²) in [6.45, 7) is 6.94. The maximum absolute atomic E-state index is 13.0. The molecule has 7 nitrogen and oxygen atoms in total. The van der Waals surface area contributed by atoms with E-state index < -0.39 is 18.3 Å². The van der Waals surface area contributed by atoms with Crippen molar-refractivity contribution >= 4 is 17.9 Å². The van der Waals surface area contributed by atoms with Crippen LogP contribution in [-0.4, -0.2) is 49.4 Å². The lowest BCUT2D eigenvalue weighted by molar-refractivity contribution is -0.168. The Morgan fingerprint density at radius 3 is 0.950 bits per heavy atom. The molecule has 7 heteroatoms. The minimum atomic E-state index is -0.765. The third-order valence-electron chi connectivity index (χ3n) is 12.6. The standard InChI is InChI=1S/C53H100O7/c1-4-7-10-13-16-19-22-25-28-31-34-37-40-43-50(54)58-46-48-53(60-52(56)45-42-39-36-33-30-27-24-21-18-15-12-9-6-3)49(47-57-48)59-51(55)44-41-38-35-32-29-26-23-20-17-14-11-8-5-2/h48-49,53H,4-47H2,1-3H3/t48-,49+,53+/m1/s1. The van der Waals surface area contributed by atoms with Gasteiger partial charge in [0, 0.05) is 19.3 Å². The molecule has 1 fully saturated rings. The third kappa shape index (κ3) is 35.9. The van der Waals surface area contributed by atoms with Gasteiger partial charge < -0.3 is 18.9 Å². The molecule has 0 aromatic heterocycles. The van der Waals surface area contributed by atoms with Gasteiger partial charge in [-0.2, -0.15) is 0 Å². The molecule has 0 aliphatic carbocycles. The summed E-state index contributed by atoms with van der Waals surface area (Å²) >= 11 is 0. The minimum absolute atomic E-state index is 0.000865. The van der Waals surface area contributed by atoms with Gasteiger partial charge in [-0.05, 0) is 19.3 Å². The van der Waals surface area contributed by atoms with E-state index in [0.29, 0.717) is 19.3 Å². The van der Waals surface area contributed by atoms with Gasteiger partial charge in [0.2, 0.25) is 0 Å². The first-order valence-corrected chi connectivity index (χ1v) is 26.7. The van der Waals surface area contributed by atoms with Crippen molar-refractivity contribution in [2.75, 3.05) is 13.2 Å². The molecule has 354 valence electrons. The molecule has 0 aromatic rings. The summed E-state index contributed by atoms with van der Waals surface area (Å²) in [5.41, 5.74) is 0. The Morgan fingerprint density at radius 1 is 0.367 bits per heavy atom. The van der Waals surface area contributed by atoms with E-state index in [1.807, 2.05) is 0 Å². The van der Waals surface area contributed by atoms with Crippen molar-refractivity contribution in [2.24, 2.45) is 0 Å². The quantitative estimate of drug-likeness (QED) is 0.0342. The Bertz CT molecular complexity index is 954. The second-order valence-electron chi connectivity index (χ2n) is 18.5. The van der Waals surface area contributed by atoms with E-state index >= 15 is 0 Å². The summed E-state index contributed by atoms with van der Waals surface area (Å²) in [5, 5.41) is 0. The summed E-state index contributed by atoms with van der Waals surface area (Å²) in [5.74, 6) is -0.819. The van der Waals surface area contributed by atoms with Crippen LogP contribution in [0.3, 0.4) is 0 Å². The molecular weight excluding hydrogens is 749 g/mol. The normalized spacial score (nSPS) is 16.4. The Balaban J connectivity index is 2.37. The number of hydrogen-bond acceptors (Lipinski definition) is 7. The molecule has 0 N–H and O–H groups in total. The third-order valence-corrected chi connectivity index (χ3v) is 12.6. The molecule has 1 heterocycles. The highest BCUT2D eigenvalue weighted by Gasteiger charge is 2.43. The van der Waals surface area contributed by atoms with E-state index in [4.69, 9.17) is 18.9 Å². The number of unbranched alkanes of at least 4 members (excludes halogenated alkanes) is 36. The van der Waals surface area contributed by atoms with Crippen LogP contribution in [0.4, 0.5) is 0 Å². The number of esters is 3. The molecule has 0 amide bonds. The van der Waals surface area contributed by atoms with Crippen molar-refractivity contribution in [3.8, 4) is 0 Å². The molecule has 1 aliphatic rings. The molecule has 3 atom stereocenters. The topological polar surface area (TPSA) is 88.1 Å². The molecule has 60 heavy (non-hydrogen) atoms. The number of hydrogen-bond donors (Lipinski definition) is 0. The first kappa shape index (κ1) is 56.4. The van der Waals surface area contributed by atoms with Crippen LogP contribution >= 0.6 is 0 Å². The first-order chi connectivity index (χ1) is 29.5. The van der Waals surface area contributed by atoms with Gasteiger partial charge in [-0.1, -0.05) is 252 Å². The van der Waals surface area contributed by atoms with Gasteiger partial charge >= 0.3 is 17.9 Å². The molecular formula is C53H100O7. The Hall–Kier alpha value is -1.63. The van der Waals surface area contributed by atoms with Crippen molar-refractivity contribution in [1.29, 1.82) is 0 Å². The number of ether oxygens (including phenoxy) is 4. The maximum atomic E-state index is 13.0. The van der Waals surface area contributed by atoms with Gasteiger partial charge in [0.05, 0.1) is 6.61 Å². The van der Waals surface area contributed by atoms with Crippen LogP contribution in [0, 0.1) is 0 Å².